The van der Waals surface area contributed by atoms with Gasteiger partial charge < -0.3 is 15.3 Å². The lowest BCUT2D eigenvalue weighted by atomic mass is 10.1. The quantitative estimate of drug-likeness (QED) is 0.578. The number of benzene rings is 1. The van der Waals surface area contributed by atoms with Gasteiger partial charge in [0.05, 0.1) is 34.9 Å². The summed E-state index contributed by atoms with van der Waals surface area (Å²) in [5.74, 6) is 2.35. The third-order valence-electron chi connectivity index (χ3n) is 5.38. The average Bonchev–Trinajstić information content (AvgIpc) is 3.34. The minimum atomic E-state index is -0.328. The number of likely N-dealkylation sites (tertiary alicyclic amines) is 1. The Labute approximate surface area is 171 Å². The zero-order valence-corrected chi connectivity index (χ0v) is 16.5. The van der Waals surface area contributed by atoms with E-state index >= 15 is 0 Å². The predicted molar refractivity (Wildman–Crippen MR) is 109 cm³/mol. The first-order valence-electron chi connectivity index (χ1n) is 8.64. The van der Waals surface area contributed by atoms with Gasteiger partial charge in [-0.3, -0.25) is 4.57 Å². The van der Waals surface area contributed by atoms with E-state index in [1.54, 1.807) is 23.6 Å². The third kappa shape index (κ3) is 2.42. The lowest BCUT2D eigenvalue weighted by Crippen LogP contribution is -2.43. The predicted octanol–water partition coefficient (Wildman–Crippen LogP) is 1.99. The van der Waals surface area contributed by atoms with Gasteiger partial charge in [0.15, 0.2) is 5.11 Å². The number of nitriles is 1. The van der Waals surface area contributed by atoms with E-state index in [0.717, 1.165) is 0 Å². The summed E-state index contributed by atoms with van der Waals surface area (Å²) >= 11 is 11.7. The van der Waals surface area contributed by atoms with Crippen LogP contribution in [0.3, 0.4) is 0 Å². The van der Waals surface area contributed by atoms with Crippen molar-refractivity contribution in [3.63, 3.8) is 0 Å². The van der Waals surface area contributed by atoms with Gasteiger partial charge in [0.1, 0.15) is 11.8 Å². The Morgan fingerprint density at radius 3 is 2.96 bits per heavy atom. The number of hydrogen-bond acceptors (Lipinski definition) is 4. The average molecular weight is 414 g/mol. The molecule has 7 nitrogen and oxygen atoms in total. The number of thiocarbonyl (C=S) groups is 1. The summed E-state index contributed by atoms with van der Waals surface area (Å²) in [5.41, 5.74) is 1.53. The Morgan fingerprint density at radius 1 is 1.54 bits per heavy atom. The first-order valence-corrected chi connectivity index (χ1v) is 9.42. The van der Waals surface area contributed by atoms with E-state index in [1.807, 2.05) is 11.0 Å². The van der Waals surface area contributed by atoms with Gasteiger partial charge in [-0.25, -0.2) is 9.36 Å². The topological polar surface area (TPSA) is 86.2 Å². The Morgan fingerprint density at radius 2 is 2.29 bits per heavy atom. The standard InChI is InChI=1S/C19H16ClN5O2S/c1-3-6-22-18(28)23-9-12-7-14(23)16-17(26)25(19(27)24(12)16)13-5-4-11(8-21)15(20)10(13)2/h1,4-5,12,14,26H,6-7,9H2,2H3,(H,22,28)/t12-,14?/m1/s1. The monoisotopic (exact) mass is 413 g/mol. The van der Waals surface area contributed by atoms with Gasteiger partial charge in [-0.15, -0.1) is 6.42 Å². The number of nitrogens with zero attached hydrogens (tertiary/aromatic N) is 4. The molecule has 4 rings (SSSR count). The van der Waals surface area contributed by atoms with Crippen LogP contribution < -0.4 is 11.0 Å². The van der Waals surface area contributed by atoms with Crippen LogP contribution in [0.1, 0.15) is 35.3 Å². The number of rotatable bonds is 2. The molecule has 1 aromatic heterocycles. The van der Waals surface area contributed by atoms with Gasteiger partial charge in [-0.2, -0.15) is 5.26 Å². The summed E-state index contributed by atoms with van der Waals surface area (Å²) in [6, 6.07) is 4.89. The van der Waals surface area contributed by atoms with E-state index in [9.17, 15) is 9.90 Å². The summed E-state index contributed by atoms with van der Waals surface area (Å²) in [5, 5.41) is 23.8. The number of hydrogen-bond donors (Lipinski definition) is 2. The van der Waals surface area contributed by atoms with Crippen molar-refractivity contribution in [3.8, 4) is 30.0 Å². The molecule has 2 aliphatic rings. The van der Waals surface area contributed by atoms with Crippen molar-refractivity contribution in [1.82, 2.24) is 19.4 Å². The SMILES string of the molecule is C#CCNC(=S)N1C[C@H]2CC1c1c(O)n(-c3ccc(C#N)c(Cl)c3C)c(=O)n12. The van der Waals surface area contributed by atoms with E-state index in [4.69, 9.17) is 35.5 Å². The molecule has 28 heavy (non-hydrogen) atoms. The van der Waals surface area contributed by atoms with Crippen LogP contribution in [0, 0.1) is 30.6 Å². The maximum atomic E-state index is 13.1. The van der Waals surface area contributed by atoms with E-state index in [0.29, 0.717) is 47.1 Å². The number of nitrogens with one attached hydrogen (secondary N) is 1. The van der Waals surface area contributed by atoms with Crippen LogP contribution in [0.4, 0.5) is 0 Å². The lowest BCUT2D eigenvalue weighted by molar-refractivity contribution is 0.334. The van der Waals surface area contributed by atoms with Crippen LogP contribution in [0.25, 0.3) is 5.69 Å². The van der Waals surface area contributed by atoms with Gasteiger partial charge in [0, 0.05) is 6.54 Å². The van der Waals surface area contributed by atoms with E-state index in [2.05, 4.69) is 11.2 Å². The Hall–Kier alpha value is -2.94. The maximum Gasteiger partial charge on any atom is 0.336 e. The van der Waals surface area contributed by atoms with Crippen molar-refractivity contribution in [3.05, 3.63) is 44.5 Å². The van der Waals surface area contributed by atoms with Crippen LogP contribution in [0.5, 0.6) is 5.88 Å². The smallest absolute Gasteiger partial charge is 0.336 e. The molecule has 142 valence electrons. The lowest BCUT2D eigenvalue weighted by Gasteiger charge is -2.29. The van der Waals surface area contributed by atoms with Crippen molar-refractivity contribution in [1.29, 1.82) is 5.26 Å². The zero-order valence-electron chi connectivity index (χ0n) is 14.9. The zero-order chi connectivity index (χ0) is 20.2. The number of fused-ring (bicyclic) bond motifs is 5. The number of aromatic hydroxyl groups is 1. The van der Waals surface area contributed by atoms with Crippen LogP contribution >= 0.6 is 23.8 Å². The molecular formula is C19H16ClN5O2S. The first-order chi connectivity index (χ1) is 13.4. The fourth-order valence-corrected chi connectivity index (χ4v) is 4.60. The Bertz CT molecular complexity index is 1150. The fraction of sp³-hybridized carbons (Fsp3) is 0.316. The molecular weight excluding hydrogens is 398 g/mol. The number of terminal acetylenes is 1. The number of halogens is 1. The van der Waals surface area contributed by atoms with Crippen molar-refractivity contribution in [2.45, 2.75) is 25.4 Å². The Kier molecular flexibility index (Phi) is 4.34. The minimum Gasteiger partial charge on any atom is -0.493 e. The number of imidazole rings is 1. The third-order valence-corrected chi connectivity index (χ3v) is 6.25. The highest BCUT2D eigenvalue weighted by molar-refractivity contribution is 7.80. The van der Waals surface area contributed by atoms with Gasteiger partial charge in [-0.1, -0.05) is 17.5 Å². The molecule has 9 heteroatoms. The molecule has 0 aliphatic carbocycles. The van der Waals surface area contributed by atoms with Crippen LogP contribution in [0.2, 0.25) is 5.02 Å². The van der Waals surface area contributed by atoms with Crippen LogP contribution in [-0.2, 0) is 0 Å². The minimum absolute atomic E-state index is 0.0839. The van der Waals surface area contributed by atoms with Gasteiger partial charge in [0.25, 0.3) is 0 Å². The highest BCUT2D eigenvalue weighted by Gasteiger charge is 2.48. The molecule has 1 aromatic carbocycles. The summed E-state index contributed by atoms with van der Waals surface area (Å²) in [7, 11) is 0. The molecule has 0 saturated carbocycles. The van der Waals surface area contributed by atoms with E-state index in [-0.39, 0.29) is 28.7 Å². The maximum absolute atomic E-state index is 13.1. The number of aromatic nitrogens is 2. The molecule has 1 unspecified atom stereocenters. The summed E-state index contributed by atoms with van der Waals surface area (Å²) in [6.07, 6.45) is 5.97. The summed E-state index contributed by atoms with van der Waals surface area (Å²) in [6.45, 7) is 2.60. The molecule has 2 bridgehead atoms. The van der Waals surface area contributed by atoms with E-state index < -0.39 is 0 Å². The van der Waals surface area contributed by atoms with Crippen LogP contribution in [0.15, 0.2) is 16.9 Å². The molecule has 0 radical (unpaired) electrons. The summed E-state index contributed by atoms with van der Waals surface area (Å²) in [4.78, 5) is 15.1. The normalized spacial score (nSPS) is 19.2. The van der Waals surface area contributed by atoms with Gasteiger partial charge in [-0.05, 0) is 43.3 Å². The first kappa shape index (κ1) is 18.4. The second-order valence-electron chi connectivity index (χ2n) is 6.80. The molecule has 0 spiro atoms. The van der Waals surface area contributed by atoms with Crippen LogP contribution in [-0.4, -0.2) is 37.3 Å². The molecule has 0 amide bonds. The van der Waals surface area contributed by atoms with Crippen molar-refractivity contribution in [2.24, 2.45) is 0 Å². The highest BCUT2D eigenvalue weighted by atomic mass is 35.5. The molecule has 3 heterocycles. The summed E-state index contributed by atoms with van der Waals surface area (Å²) < 4.78 is 2.88. The largest absolute Gasteiger partial charge is 0.493 e. The van der Waals surface area contributed by atoms with Crippen molar-refractivity contribution >= 4 is 28.9 Å². The molecule has 1 saturated heterocycles. The van der Waals surface area contributed by atoms with Crippen molar-refractivity contribution < 1.29 is 5.11 Å². The molecule has 2 aliphatic heterocycles. The highest BCUT2D eigenvalue weighted by Crippen LogP contribution is 2.48. The molecule has 2 N–H and O–H groups in total. The van der Waals surface area contributed by atoms with Gasteiger partial charge >= 0.3 is 5.69 Å². The fourth-order valence-electron chi connectivity index (χ4n) is 4.12. The van der Waals surface area contributed by atoms with Gasteiger partial charge in [0.2, 0.25) is 5.88 Å². The molecule has 1 fully saturated rings. The molecule has 2 atom stereocenters. The molecule has 2 aromatic rings. The second kappa shape index (κ2) is 6.59. The second-order valence-corrected chi connectivity index (χ2v) is 7.57. The Balaban J connectivity index is 1.80. The van der Waals surface area contributed by atoms with E-state index in [1.165, 1.54) is 4.57 Å². The van der Waals surface area contributed by atoms with Crippen molar-refractivity contribution in [2.75, 3.05) is 13.1 Å².